The van der Waals surface area contributed by atoms with Gasteiger partial charge in [0.25, 0.3) is 5.91 Å². The van der Waals surface area contributed by atoms with E-state index >= 15 is 0 Å². The summed E-state index contributed by atoms with van der Waals surface area (Å²) in [5.41, 5.74) is 6.12. The molecule has 168 valence electrons. The van der Waals surface area contributed by atoms with Gasteiger partial charge in [0.1, 0.15) is 0 Å². The maximum atomic E-state index is 13.9. The lowest BCUT2D eigenvalue weighted by Gasteiger charge is -2.35. The highest BCUT2D eigenvalue weighted by Gasteiger charge is 2.31. The molecule has 34 heavy (non-hydrogen) atoms. The first-order valence-corrected chi connectivity index (χ1v) is 11.8. The molecule has 4 aromatic rings. The predicted octanol–water partition coefficient (Wildman–Crippen LogP) is 4.47. The number of allylic oxidation sites excluding steroid dienone is 1. The SMILES string of the molecule is O=C(c1c2c(nc3ccccc13)/C(=C/c1ccccc1)CC2)N1CCN(c2ncccn2)CC1. The van der Waals surface area contributed by atoms with Crippen LogP contribution in [0.5, 0.6) is 0 Å². The van der Waals surface area contributed by atoms with E-state index in [2.05, 4.69) is 33.1 Å². The van der Waals surface area contributed by atoms with Crippen LogP contribution >= 0.6 is 0 Å². The van der Waals surface area contributed by atoms with Crippen LogP contribution in [0.25, 0.3) is 22.6 Å². The molecule has 0 radical (unpaired) electrons. The van der Waals surface area contributed by atoms with Crippen molar-refractivity contribution in [2.75, 3.05) is 31.1 Å². The van der Waals surface area contributed by atoms with E-state index < -0.39 is 0 Å². The highest BCUT2D eigenvalue weighted by molar-refractivity contribution is 6.09. The molecule has 0 unspecified atom stereocenters. The van der Waals surface area contributed by atoms with Gasteiger partial charge in [-0.25, -0.2) is 15.0 Å². The minimum Gasteiger partial charge on any atom is -0.337 e. The monoisotopic (exact) mass is 447 g/mol. The Bertz CT molecular complexity index is 1380. The van der Waals surface area contributed by atoms with Gasteiger partial charge in [0, 0.05) is 44.0 Å². The number of hydrogen-bond acceptors (Lipinski definition) is 5. The van der Waals surface area contributed by atoms with Gasteiger partial charge in [0.15, 0.2) is 0 Å². The Morgan fingerprint density at radius 2 is 1.56 bits per heavy atom. The van der Waals surface area contributed by atoms with Crippen molar-refractivity contribution in [2.24, 2.45) is 0 Å². The zero-order valence-corrected chi connectivity index (χ0v) is 18.9. The van der Waals surface area contributed by atoms with Crippen molar-refractivity contribution < 1.29 is 4.79 Å². The molecule has 3 heterocycles. The fourth-order valence-electron chi connectivity index (χ4n) is 5.00. The molecule has 6 heteroatoms. The molecule has 1 aliphatic heterocycles. The number of carbonyl (C=O) groups is 1. The molecule has 0 bridgehead atoms. The zero-order chi connectivity index (χ0) is 22.9. The maximum Gasteiger partial charge on any atom is 0.255 e. The fourth-order valence-corrected chi connectivity index (χ4v) is 5.00. The van der Waals surface area contributed by atoms with Gasteiger partial charge in [-0.05, 0) is 47.8 Å². The molecule has 2 aromatic carbocycles. The summed E-state index contributed by atoms with van der Waals surface area (Å²) < 4.78 is 0. The summed E-state index contributed by atoms with van der Waals surface area (Å²) in [6.07, 6.45) is 7.46. The van der Waals surface area contributed by atoms with E-state index in [1.165, 1.54) is 5.57 Å². The second-order valence-corrected chi connectivity index (χ2v) is 8.74. The van der Waals surface area contributed by atoms with Gasteiger partial charge >= 0.3 is 0 Å². The zero-order valence-electron chi connectivity index (χ0n) is 18.9. The molecule has 2 aromatic heterocycles. The van der Waals surface area contributed by atoms with Gasteiger partial charge in [-0.3, -0.25) is 4.79 Å². The van der Waals surface area contributed by atoms with Gasteiger partial charge in [0.05, 0.1) is 16.8 Å². The highest BCUT2D eigenvalue weighted by atomic mass is 16.2. The van der Waals surface area contributed by atoms with Gasteiger partial charge in [-0.1, -0.05) is 48.5 Å². The Morgan fingerprint density at radius 3 is 2.35 bits per heavy atom. The number of amides is 1. The van der Waals surface area contributed by atoms with Gasteiger partial charge in [0.2, 0.25) is 5.95 Å². The van der Waals surface area contributed by atoms with Crippen LogP contribution in [0, 0.1) is 0 Å². The Kier molecular flexibility index (Phi) is 5.26. The Balaban J connectivity index is 1.35. The standard InChI is InChI=1S/C28H25N5O/c34-27(32-15-17-33(18-16-32)28-29-13-6-14-30-28)25-22-9-4-5-10-24(22)31-26-21(11-12-23(25)26)19-20-7-2-1-3-8-20/h1-10,13-14,19H,11-12,15-18H2/b21-19+. The molecule has 1 aliphatic carbocycles. The fraction of sp³-hybridized carbons (Fsp3) is 0.214. The number of benzene rings is 2. The summed E-state index contributed by atoms with van der Waals surface area (Å²) in [5, 5.41) is 0.945. The van der Waals surface area contributed by atoms with E-state index in [9.17, 15) is 4.79 Å². The normalized spacial score (nSPS) is 16.8. The Morgan fingerprint density at radius 1 is 0.824 bits per heavy atom. The highest BCUT2D eigenvalue weighted by Crippen LogP contribution is 2.38. The molecule has 0 spiro atoms. The molecule has 0 saturated carbocycles. The number of rotatable bonds is 3. The number of fused-ring (bicyclic) bond motifs is 2. The summed E-state index contributed by atoms with van der Waals surface area (Å²) in [6, 6.07) is 20.2. The van der Waals surface area contributed by atoms with Crippen LogP contribution in [0.15, 0.2) is 73.1 Å². The van der Waals surface area contributed by atoms with Crippen molar-refractivity contribution in [1.29, 1.82) is 0 Å². The maximum absolute atomic E-state index is 13.9. The van der Waals surface area contributed by atoms with Crippen LogP contribution in [0.2, 0.25) is 0 Å². The Labute approximate surface area is 198 Å². The van der Waals surface area contributed by atoms with Crippen molar-refractivity contribution in [2.45, 2.75) is 12.8 Å². The third-order valence-electron chi connectivity index (χ3n) is 6.70. The second kappa shape index (κ2) is 8.71. The van der Waals surface area contributed by atoms with Crippen molar-refractivity contribution in [3.8, 4) is 0 Å². The van der Waals surface area contributed by atoms with Crippen molar-refractivity contribution >= 4 is 34.4 Å². The third kappa shape index (κ3) is 3.71. The van der Waals surface area contributed by atoms with Crippen LogP contribution < -0.4 is 4.90 Å². The van der Waals surface area contributed by atoms with Crippen molar-refractivity contribution in [1.82, 2.24) is 19.9 Å². The molecule has 0 N–H and O–H groups in total. The number of nitrogens with zero attached hydrogens (tertiary/aromatic N) is 5. The molecule has 1 saturated heterocycles. The summed E-state index contributed by atoms with van der Waals surface area (Å²) in [6.45, 7) is 2.74. The van der Waals surface area contributed by atoms with E-state index in [-0.39, 0.29) is 5.91 Å². The van der Waals surface area contributed by atoms with Gasteiger partial charge < -0.3 is 9.80 Å². The summed E-state index contributed by atoms with van der Waals surface area (Å²) in [7, 11) is 0. The Hall–Kier alpha value is -4.06. The number of pyridine rings is 1. The van der Waals surface area contributed by atoms with E-state index in [4.69, 9.17) is 4.98 Å². The molecule has 2 aliphatic rings. The molecular weight excluding hydrogens is 422 g/mol. The summed E-state index contributed by atoms with van der Waals surface area (Å²) >= 11 is 0. The minimum atomic E-state index is 0.101. The summed E-state index contributed by atoms with van der Waals surface area (Å²) in [5.74, 6) is 0.824. The van der Waals surface area contributed by atoms with Crippen molar-refractivity contribution in [3.63, 3.8) is 0 Å². The van der Waals surface area contributed by atoms with Crippen molar-refractivity contribution in [3.05, 3.63) is 95.4 Å². The van der Waals surface area contributed by atoms with Crippen LogP contribution in [0.1, 0.15) is 33.6 Å². The number of carbonyl (C=O) groups excluding carboxylic acids is 1. The van der Waals surface area contributed by atoms with Gasteiger partial charge in [-0.15, -0.1) is 0 Å². The number of anilines is 1. The smallest absolute Gasteiger partial charge is 0.255 e. The predicted molar refractivity (Wildman–Crippen MR) is 135 cm³/mol. The molecule has 6 nitrogen and oxygen atoms in total. The molecule has 1 fully saturated rings. The second-order valence-electron chi connectivity index (χ2n) is 8.74. The molecular formula is C28H25N5O. The van der Waals surface area contributed by atoms with Crippen LogP contribution in [0.3, 0.4) is 0 Å². The first-order chi connectivity index (χ1) is 16.8. The number of hydrogen-bond donors (Lipinski definition) is 0. The van der Waals surface area contributed by atoms with Gasteiger partial charge in [-0.2, -0.15) is 0 Å². The lowest BCUT2D eigenvalue weighted by atomic mass is 9.99. The average molecular weight is 448 g/mol. The van der Waals surface area contributed by atoms with E-state index in [1.807, 2.05) is 53.4 Å². The number of para-hydroxylation sites is 1. The molecule has 1 amide bonds. The van der Waals surface area contributed by atoms with E-state index in [1.54, 1.807) is 12.4 Å². The molecule has 6 rings (SSSR count). The first-order valence-electron chi connectivity index (χ1n) is 11.8. The van der Waals surface area contributed by atoms with Crippen LogP contribution in [0.4, 0.5) is 5.95 Å². The molecule has 0 atom stereocenters. The van der Waals surface area contributed by atoms with E-state index in [0.29, 0.717) is 13.1 Å². The van der Waals surface area contributed by atoms with Crippen LogP contribution in [-0.2, 0) is 6.42 Å². The first kappa shape index (κ1) is 20.5. The van der Waals surface area contributed by atoms with Crippen LogP contribution in [-0.4, -0.2) is 51.9 Å². The quantitative estimate of drug-likeness (QED) is 0.464. The lowest BCUT2D eigenvalue weighted by molar-refractivity contribution is 0.0747. The van der Waals surface area contributed by atoms with E-state index in [0.717, 1.165) is 65.2 Å². The largest absolute Gasteiger partial charge is 0.337 e. The summed E-state index contributed by atoms with van der Waals surface area (Å²) in [4.78, 5) is 31.7. The lowest BCUT2D eigenvalue weighted by Crippen LogP contribution is -2.49. The topological polar surface area (TPSA) is 62.2 Å². The average Bonchev–Trinajstić information content (AvgIpc) is 3.30. The minimum absolute atomic E-state index is 0.101. The number of aromatic nitrogens is 3. The number of piperazine rings is 1. The third-order valence-corrected chi connectivity index (χ3v) is 6.70.